The Morgan fingerprint density at radius 2 is 1.86 bits per heavy atom. The molecular formula is C24H27NO4. The third-order valence-corrected chi connectivity index (χ3v) is 5.26. The molecule has 0 bridgehead atoms. The molecule has 1 unspecified atom stereocenters. The Balaban J connectivity index is 2.16. The van der Waals surface area contributed by atoms with Gasteiger partial charge < -0.3 is 14.7 Å². The quantitative estimate of drug-likeness (QED) is 0.323. The van der Waals surface area contributed by atoms with Crippen LogP contribution in [0, 0.1) is 6.92 Å². The minimum absolute atomic E-state index is 0.113. The number of aliphatic hydroxyl groups excluding tert-OH is 1. The molecule has 1 atom stereocenters. The molecular weight excluding hydrogens is 366 g/mol. The number of Topliss-reactive ketones (excluding diaryl/α,β-unsaturated/α-hetero) is 1. The van der Waals surface area contributed by atoms with E-state index in [4.69, 9.17) is 4.74 Å². The number of aryl methyl sites for hydroxylation is 1. The SMILES string of the molecule is CCCCCN1C(=O)C(=O)/C(=C(\O)c2ccccc2OC)C1c1cccc(C)c1. The van der Waals surface area contributed by atoms with Crippen LogP contribution < -0.4 is 4.74 Å². The van der Waals surface area contributed by atoms with Crippen LogP contribution in [-0.2, 0) is 9.59 Å². The summed E-state index contributed by atoms with van der Waals surface area (Å²) in [4.78, 5) is 27.4. The first-order valence-electron chi connectivity index (χ1n) is 9.98. The van der Waals surface area contributed by atoms with E-state index in [1.807, 2.05) is 31.2 Å². The molecule has 3 rings (SSSR count). The van der Waals surface area contributed by atoms with E-state index < -0.39 is 17.7 Å². The van der Waals surface area contributed by atoms with Crippen molar-refractivity contribution in [1.29, 1.82) is 0 Å². The maximum Gasteiger partial charge on any atom is 0.295 e. The number of amides is 1. The highest BCUT2D eigenvalue weighted by atomic mass is 16.5. The van der Waals surface area contributed by atoms with Crippen LogP contribution >= 0.6 is 0 Å². The van der Waals surface area contributed by atoms with Crippen LogP contribution in [0.4, 0.5) is 0 Å². The number of ketones is 1. The number of ether oxygens (including phenoxy) is 1. The molecule has 1 amide bonds. The van der Waals surface area contributed by atoms with E-state index in [0.29, 0.717) is 17.9 Å². The van der Waals surface area contributed by atoms with E-state index in [-0.39, 0.29) is 11.3 Å². The molecule has 0 radical (unpaired) electrons. The van der Waals surface area contributed by atoms with Crippen molar-refractivity contribution in [2.75, 3.05) is 13.7 Å². The van der Waals surface area contributed by atoms with Gasteiger partial charge in [0.2, 0.25) is 0 Å². The summed E-state index contributed by atoms with van der Waals surface area (Å²) >= 11 is 0. The highest BCUT2D eigenvalue weighted by Gasteiger charge is 2.46. The molecule has 2 aromatic rings. The largest absolute Gasteiger partial charge is 0.507 e. The molecule has 1 aliphatic rings. The fourth-order valence-corrected chi connectivity index (χ4v) is 3.81. The fourth-order valence-electron chi connectivity index (χ4n) is 3.81. The summed E-state index contributed by atoms with van der Waals surface area (Å²) in [6.07, 6.45) is 2.79. The number of likely N-dealkylation sites (tertiary alicyclic amines) is 1. The molecule has 0 spiro atoms. The van der Waals surface area contributed by atoms with Gasteiger partial charge in [-0.2, -0.15) is 0 Å². The Kier molecular flexibility index (Phi) is 6.37. The second-order valence-corrected chi connectivity index (χ2v) is 7.31. The molecule has 1 saturated heterocycles. The van der Waals surface area contributed by atoms with Gasteiger partial charge in [0.1, 0.15) is 11.5 Å². The summed E-state index contributed by atoms with van der Waals surface area (Å²) in [7, 11) is 1.51. The van der Waals surface area contributed by atoms with Gasteiger partial charge in [0.15, 0.2) is 0 Å². The Labute approximate surface area is 171 Å². The highest BCUT2D eigenvalue weighted by Crippen LogP contribution is 2.41. The maximum atomic E-state index is 13.0. The average molecular weight is 393 g/mol. The number of unbranched alkanes of at least 4 members (excludes halogenated alkanes) is 2. The van der Waals surface area contributed by atoms with Crippen molar-refractivity contribution in [3.63, 3.8) is 0 Å². The lowest BCUT2D eigenvalue weighted by atomic mass is 9.94. The Morgan fingerprint density at radius 3 is 2.55 bits per heavy atom. The molecule has 1 heterocycles. The predicted molar refractivity (Wildman–Crippen MR) is 113 cm³/mol. The number of aliphatic hydroxyl groups is 1. The summed E-state index contributed by atoms with van der Waals surface area (Å²) in [5, 5.41) is 11.1. The Hall–Kier alpha value is -3.08. The van der Waals surface area contributed by atoms with E-state index in [9.17, 15) is 14.7 Å². The van der Waals surface area contributed by atoms with Crippen molar-refractivity contribution in [3.05, 3.63) is 70.8 Å². The van der Waals surface area contributed by atoms with Crippen LogP contribution in [0.25, 0.3) is 5.76 Å². The second kappa shape index (κ2) is 8.95. The van der Waals surface area contributed by atoms with E-state index >= 15 is 0 Å². The summed E-state index contributed by atoms with van der Waals surface area (Å²) < 4.78 is 5.35. The van der Waals surface area contributed by atoms with E-state index in [0.717, 1.165) is 30.4 Å². The van der Waals surface area contributed by atoms with Gasteiger partial charge in [-0.3, -0.25) is 9.59 Å². The molecule has 29 heavy (non-hydrogen) atoms. The number of rotatable bonds is 7. The number of carbonyl (C=O) groups is 2. The van der Waals surface area contributed by atoms with Crippen LogP contribution in [0.3, 0.4) is 0 Å². The molecule has 1 fully saturated rings. The fraction of sp³-hybridized carbons (Fsp3) is 0.333. The molecule has 1 aliphatic heterocycles. The highest BCUT2D eigenvalue weighted by molar-refractivity contribution is 6.46. The van der Waals surface area contributed by atoms with Gasteiger partial charge in [-0.05, 0) is 31.0 Å². The van der Waals surface area contributed by atoms with E-state index in [1.165, 1.54) is 7.11 Å². The second-order valence-electron chi connectivity index (χ2n) is 7.31. The van der Waals surface area contributed by atoms with Crippen molar-refractivity contribution < 1.29 is 19.4 Å². The molecule has 2 aromatic carbocycles. The molecule has 152 valence electrons. The van der Waals surface area contributed by atoms with Crippen molar-refractivity contribution in [3.8, 4) is 5.75 Å². The number of para-hydroxylation sites is 1. The van der Waals surface area contributed by atoms with Gasteiger partial charge in [0, 0.05) is 6.54 Å². The molecule has 5 nitrogen and oxygen atoms in total. The Bertz CT molecular complexity index is 947. The number of methoxy groups -OCH3 is 1. The van der Waals surface area contributed by atoms with E-state index in [1.54, 1.807) is 29.2 Å². The number of carbonyl (C=O) groups excluding carboxylic acids is 2. The zero-order valence-corrected chi connectivity index (χ0v) is 17.1. The first-order chi connectivity index (χ1) is 14.0. The van der Waals surface area contributed by atoms with Gasteiger partial charge in [-0.15, -0.1) is 0 Å². The summed E-state index contributed by atoms with van der Waals surface area (Å²) in [6.45, 7) is 4.53. The smallest absolute Gasteiger partial charge is 0.295 e. The first-order valence-corrected chi connectivity index (χ1v) is 9.98. The van der Waals surface area contributed by atoms with Crippen LogP contribution in [-0.4, -0.2) is 35.4 Å². The standard InChI is InChI=1S/C24H27NO4/c1-4-5-8-14-25-21(17-11-9-10-16(2)15-17)20(23(27)24(25)28)22(26)18-12-6-7-13-19(18)29-3/h6-7,9-13,15,21,26H,4-5,8,14H2,1-3H3/b22-20-. The van der Waals surface area contributed by atoms with Crippen molar-refractivity contribution in [1.82, 2.24) is 4.90 Å². The molecule has 5 heteroatoms. The average Bonchev–Trinajstić information content (AvgIpc) is 2.98. The molecule has 0 saturated carbocycles. The van der Waals surface area contributed by atoms with Gasteiger partial charge in [0.05, 0.1) is 24.3 Å². The molecule has 0 aromatic heterocycles. The first kappa shape index (κ1) is 20.6. The minimum atomic E-state index is -0.656. The van der Waals surface area contributed by atoms with Crippen molar-refractivity contribution in [2.45, 2.75) is 39.2 Å². The number of hydrogen-bond donors (Lipinski definition) is 1. The van der Waals surface area contributed by atoms with Crippen LogP contribution in [0.2, 0.25) is 0 Å². The lowest BCUT2D eigenvalue weighted by Crippen LogP contribution is -2.30. The van der Waals surface area contributed by atoms with Gasteiger partial charge >= 0.3 is 0 Å². The maximum absolute atomic E-state index is 13.0. The predicted octanol–water partition coefficient (Wildman–Crippen LogP) is 4.62. The Morgan fingerprint density at radius 1 is 1.10 bits per heavy atom. The zero-order chi connectivity index (χ0) is 21.0. The van der Waals surface area contributed by atoms with Gasteiger partial charge in [-0.25, -0.2) is 0 Å². The topological polar surface area (TPSA) is 66.8 Å². The third kappa shape index (κ3) is 4.04. The molecule has 1 N–H and O–H groups in total. The van der Waals surface area contributed by atoms with Gasteiger partial charge in [-0.1, -0.05) is 61.7 Å². The van der Waals surface area contributed by atoms with Crippen LogP contribution in [0.1, 0.15) is 48.9 Å². The lowest BCUT2D eigenvalue weighted by molar-refractivity contribution is -0.139. The minimum Gasteiger partial charge on any atom is -0.507 e. The third-order valence-electron chi connectivity index (χ3n) is 5.26. The van der Waals surface area contributed by atoms with E-state index in [2.05, 4.69) is 6.92 Å². The summed E-state index contributed by atoms with van der Waals surface area (Å²) in [6, 6.07) is 14.1. The molecule has 0 aliphatic carbocycles. The number of benzene rings is 2. The lowest BCUT2D eigenvalue weighted by Gasteiger charge is -2.25. The van der Waals surface area contributed by atoms with Gasteiger partial charge in [0.25, 0.3) is 11.7 Å². The summed E-state index contributed by atoms with van der Waals surface area (Å²) in [5.74, 6) is -0.976. The van der Waals surface area contributed by atoms with Crippen LogP contribution in [0.5, 0.6) is 5.75 Å². The van der Waals surface area contributed by atoms with Crippen molar-refractivity contribution >= 4 is 17.4 Å². The van der Waals surface area contributed by atoms with Crippen molar-refractivity contribution in [2.24, 2.45) is 0 Å². The summed E-state index contributed by atoms with van der Waals surface area (Å²) in [5.41, 5.74) is 2.36. The monoisotopic (exact) mass is 393 g/mol. The number of nitrogens with zero attached hydrogens (tertiary/aromatic N) is 1. The zero-order valence-electron chi connectivity index (χ0n) is 17.1. The van der Waals surface area contributed by atoms with Crippen LogP contribution in [0.15, 0.2) is 54.1 Å². The normalized spacial score (nSPS) is 18.3. The number of hydrogen-bond acceptors (Lipinski definition) is 4.